The van der Waals surface area contributed by atoms with Crippen molar-refractivity contribution in [2.24, 2.45) is 0 Å². The fraction of sp³-hybridized carbons (Fsp3) is 0.333. The van der Waals surface area contributed by atoms with Crippen molar-refractivity contribution in [3.05, 3.63) is 36.2 Å². The Morgan fingerprint density at radius 1 is 1.24 bits per heavy atom. The number of carbonyl (C=O) groups is 1. The average molecular weight is 284 g/mol. The van der Waals surface area contributed by atoms with E-state index in [1.807, 2.05) is 12.1 Å². The van der Waals surface area contributed by atoms with Crippen LogP contribution in [0.15, 0.2) is 30.6 Å². The van der Waals surface area contributed by atoms with Crippen LogP contribution in [0.25, 0.3) is 11.5 Å². The summed E-state index contributed by atoms with van der Waals surface area (Å²) in [6.07, 6.45) is 7.42. The van der Waals surface area contributed by atoms with E-state index in [0.29, 0.717) is 17.3 Å². The molecule has 0 aliphatic heterocycles. The van der Waals surface area contributed by atoms with Crippen LogP contribution in [0.2, 0.25) is 0 Å². The topological polar surface area (TPSA) is 88.0 Å². The van der Waals surface area contributed by atoms with Crippen LogP contribution in [0, 0.1) is 0 Å². The zero-order valence-corrected chi connectivity index (χ0v) is 11.5. The third kappa shape index (κ3) is 2.99. The molecule has 0 aromatic carbocycles. The van der Waals surface area contributed by atoms with Crippen LogP contribution in [0.1, 0.15) is 36.0 Å². The first-order valence-corrected chi connectivity index (χ1v) is 7.02. The Morgan fingerprint density at radius 2 is 2.05 bits per heavy atom. The molecular weight excluding hydrogens is 268 g/mol. The molecule has 2 N–H and O–H groups in total. The molecule has 6 heteroatoms. The van der Waals surface area contributed by atoms with Crippen molar-refractivity contribution in [2.45, 2.75) is 31.7 Å². The zero-order valence-electron chi connectivity index (χ0n) is 11.5. The van der Waals surface area contributed by atoms with Crippen LogP contribution >= 0.6 is 0 Å². The van der Waals surface area contributed by atoms with Gasteiger partial charge in [-0.05, 0) is 25.0 Å². The summed E-state index contributed by atoms with van der Waals surface area (Å²) in [5, 5.41) is 12.5. The van der Waals surface area contributed by atoms with Gasteiger partial charge in [0, 0.05) is 18.4 Å². The molecule has 2 aromatic heterocycles. The molecule has 1 aliphatic rings. The Kier molecular flexibility index (Phi) is 3.77. The van der Waals surface area contributed by atoms with Gasteiger partial charge in [0.1, 0.15) is 17.1 Å². The maximum Gasteiger partial charge on any atom is 0.341 e. The van der Waals surface area contributed by atoms with Gasteiger partial charge in [0.05, 0.1) is 0 Å². The second-order valence-electron chi connectivity index (χ2n) is 5.10. The summed E-state index contributed by atoms with van der Waals surface area (Å²) in [5.74, 6) is -0.214. The van der Waals surface area contributed by atoms with Crippen LogP contribution in [-0.2, 0) is 0 Å². The molecule has 0 atom stereocenters. The minimum Gasteiger partial charge on any atom is -0.477 e. The molecule has 2 aromatic rings. The number of carboxylic acids is 1. The fourth-order valence-electron chi connectivity index (χ4n) is 2.53. The largest absolute Gasteiger partial charge is 0.477 e. The normalized spacial score (nSPS) is 15.0. The molecule has 1 saturated carbocycles. The predicted octanol–water partition coefficient (Wildman–Crippen LogP) is 2.59. The minimum atomic E-state index is -1.02. The highest BCUT2D eigenvalue weighted by Gasteiger charge is 2.20. The Balaban J connectivity index is 1.95. The maximum atomic E-state index is 11.3. The number of carboxylic acid groups (broad SMARTS) is 1. The van der Waals surface area contributed by atoms with Crippen LogP contribution in [0.5, 0.6) is 0 Å². The quantitative estimate of drug-likeness (QED) is 0.897. The summed E-state index contributed by atoms with van der Waals surface area (Å²) in [6, 6.07) is 5.75. The Bertz CT molecular complexity index is 639. The van der Waals surface area contributed by atoms with Gasteiger partial charge < -0.3 is 10.4 Å². The lowest BCUT2D eigenvalue weighted by atomic mass is 10.2. The van der Waals surface area contributed by atoms with E-state index >= 15 is 0 Å². The molecule has 1 aliphatic carbocycles. The molecule has 0 amide bonds. The number of aromatic nitrogens is 3. The van der Waals surface area contributed by atoms with Crippen LogP contribution in [-0.4, -0.2) is 32.1 Å². The van der Waals surface area contributed by atoms with Gasteiger partial charge in [0.25, 0.3) is 0 Å². The fourth-order valence-corrected chi connectivity index (χ4v) is 2.53. The first-order valence-electron chi connectivity index (χ1n) is 7.02. The Labute approximate surface area is 122 Å². The minimum absolute atomic E-state index is 0.0987. The first-order chi connectivity index (χ1) is 10.2. The van der Waals surface area contributed by atoms with Crippen LogP contribution in [0.3, 0.4) is 0 Å². The molecule has 108 valence electrons. The molecule has 0 saturated heterocycles. The monoisotopic (exact) mass is 284 g/mol. The lowest BCUT2D eigenvalue weighted by Crippen LogP contribution is -2.19. The van der Waals surface area contributed by atoms with E-state index in [2.05, 4.69) is 20.3 Å². The third-order valence-corrected chi connectivity index (χ3v) is 3.61. The number of nitrogens with zero attached hydrogens (tertiary/aromatic N) is 3. The van der Waals surface area contributed by atoms with Gasteiger partial charge in [-0.25, -0.2) is 14.8 Å². The predicted molar refractivity (Wildman–Crippen MR) is 78.1 cm³/mol. The van der Waals surface area contributed by atoms with Gasteiger partial charge in [-0.1, -0.05) is 18.9 Å². The Morgan fingerprint density at radius 3 is 2.71 bits per heavy atom. The molecule has 3 rings (SSSR count). The molecule has 21 heavy (non-hydrogen) atoms. The van der Waals surface area contributed by atoms with E-state index in [1.165, 1.54) is 6.20 Å². The van der Waals surface area contributed by atoms with E-state index < -0.39 is 5.97 Å². The van der Waals surface area contributed by atoms with E-state index in [1.54, 1.807) is 12.3 Å². The van der Waals surface area contributed by atoms with Crippen molar-refractivity contribution >= 4 is 11.8 Å². The second-order valence-corrected chi connectivity index (χ2v) is 5.10. The highest BCUT2D eigenvalue weighted by Crippen LogP contribution is 2.24. The SMILES string of the molecule is O=C(O)c1cnc(-c2ccccn2)nc1NC1CCCC1. The summed E-state index contributed by atoms with van der Waals surface area (Å²) in [5.41, 5.74) is 0.727. The number of rotatable bonds is 4. The molecule has 0 bridgehead atoms. The van der Waals surface area contributed by atoms with E-state index in [-0.39, 0.29) is 11.6 Å². The highest BCUT2D eigenvalue weighted by molar-refractivity contribution is 5.93. The third-order valence-electron chi connectivity index (χ3n) is 3.61. The van der Waals surface area contributed by atoms with E-state index in [4.69, 9.17) is 0 Å². The summed E-state index contributed by atoms with van der Waals surface area (Å²) in [4.78, 5) is 24.0. The van der Waals surface area contributed by atoms with E-state index in [0.717, 1.165) is 25.7 Å². The first kappa shape index (κ1) is 13.5. The van der Waals surface area contributed by atoms with Crippen LogP contribution in [0.4, 0.5) is 5.82 Å². The molecule has 0 radical (unpaired) electrons. The number of nitrogens with one attached hydrogen (secondary N) is 1. The van der Waals surface area contributed by atoms with Crippen molar-refractivity contribution in [3.63, 3.8) is 0 Å². The van der Waals surface area contributed by atoms with Crippen molar-refractivity contribution in [1.29, 1.82) is 0 Å². The van der Waals surface area contributed by atoms with Crippen molar-refractivity contribution in [2.75, 3.05) is 5.32 Å². The molecular formula is C15H16N4O2. The van der Waals surface area contributed by atoms with Crippen LogP contribution < -0.4 is 5.32 Å². The average Bonchev–Trinajstić information content (AvgIpc) is 3.01. The summed E-state index contributed by atoms with van der Waals surface area (Å²) in [7, 11) is 0. The smallest absolute Gasteiger partial charge is 0.341 e. The van der Waals surface area contributed by atoms with Gasteiger partial charge in [-0.2, -0.15) is 0 Å². The molecule has 2 heterocycles. The van der Waals surface area contributed by atoms with Crippen molar-refractivity contribution < 1.29 is 9.90 Å². The Hall–Kier alpha value is -2.50. The summed E-state index contributed by atoms with van der Waals surface area (Å²) in [6.45, 7) is 0. The lowest BCUT2D eigenvalue weighted by molar-refractivity contribution is 0.0697. The van der Waals surface area contributed by atoms with Gasteiger partial charge in [-0.3, -0.25) is 4.98 Å². The van der Waals surface area contributed by atoms with Gasteiger partial charge in [-0.15, -0.1) is 0 Å². The lowest BCUT2D eigenvalue weighted by Gasteiger charge is -2.15. The number of pyridine rings is 1. The standard InChI is InChI=1S/C15H16N4O2/c20-15(21)11-9-17-14(12-7-3-4-8-16-12)19-13(11)18-10-5-1-2-6-10/h3-4,7-10H,1-2,5-6H2,(H,20,21)(H,17,18,19). The number of anilines is 1. The van der Waals surface area contributed by atoms with Gasteiger partial charge in [0.15, 0.2) is 5.82 Å². The summed E-state index contributed by atoms with van der Waals surface area (Å²) >= 11 is 0. The highest BCUT2D eigenvalue weighted by atomic mass is 16.4. The second kappa shape index (κ2) is 5.87. The molecule has 6 nitrogen and oxygen atoms in total. The number of hydrogen-bond acceptors (Lipinski definition) is 5. The van der Waals surface area contributed by atoms with Gasteiger partial charge >= 0.3 is 5.97 Å². The number of hydrogen-bond donors (Lipinski definition) is 2. The summed E-state index contributed by atoms with van der Waals surface area (Å²) < 4.78 is 0. The molecule has 1 fully saturated rings. The van der Waals surface area contributed by atoms with Crippen molar-refractivity contribution in [3.8, 4) is 11.5 Å². The molecule has 0 unspecified atom stereocenters. The van der Waals surface area contributed by atoms with E-state index in [9.17, 15) is 9.90 Å². The number of aromatic carboxylic acids is 1. The molecule has 0 spiro atoms. The zero-order chi connectivity index (χ0) is 14.7. The van der Waals surface area contributed by atoms with Crippen molar-refractivity contribution in [1.82, 2.24) is 15.0 Å². The van der Waals surface area contributed by atoms with Gasteiger partial charge in [0.2, 0.25) is 0 Å². The maximum absolute atomic E-state index is 11.3.